The van der Waals surface area contributed by atoms with Gasteiger partial charge in [0.05, 0.1) is 4.83 Å². The maximum atomic E-state index is 5.16. The molecule has 78 valence electrons. The van der Waals surface area contributed by atoms with Crippen molar-refractivity contribution in [3.63, 3.8) is 0 Å². The van der Waals surface area contributed by atoms with Crippen LogP contribution in [0, 0.1) is 0 Å². The molecule has 1 aromatic carbocycles. The number of benzene rings is 1. The summed E-state index contributed by atoms with van der Waals surface area (Å²) in [5.74, 6) is 1.28. The fraction of sp³-hybridized carbons (Fsp3) is 0.273. The minimum atomic E-state index is 0.141. The third kappa shape index (κ3) is 2.26. The molecule has 0 aliphatic rings. The van der Waals surface area contributed by atoms with Crippen molar-refractivity contribution in [1.29, 1.82) is 0 Å². The average molecular weight is 267 g/mol. The second-order valence-electron chi connectivity index (χ2n) is 3.20. The van der Waals surface area contributed by atoms with Crippen LogP contribution in [0.25, 0.3) is 11.4 Å². The Morgan fingerprint density at radius 2 is 2.07 bits per heavy atom. The van der Waals surface area contributed by atoms with Gasteiger partial charge < -0.3 is 4.52 Å². The summed E-state index contributed by atoms with van der Waals surface area (Å²) in [4.78, 5) is 4.47. The van der Waals surface area contributed by atoms with E-state index in [-0.39, 0.29) is 4.83 Å². The summed E-state index contributed by atoms with van der Waals surface area (Å²) in [6.45, 7) is 2.06. The van der Waals surface area contributed by atoms with E-state index in [1.807, 2.05) is 30.3 Å². The zero-order chi connectivity index (χ0) is 10.7. The molecule has 0 aliphatic heterocycles. The molecule has 0 radical (unpaired) electrons. The van der Waals surface area contributed by atoms with Gasteiger partial charge in [-0.15, -0.1) is 0 Å². The van der Waals surface area contributed by atoms with E-state index in [2.05, 4.69) is 33.0 Å². The second kappa shape index (κ2) is 4.57. The van der Waals surface area contributed by atoms with Gasteiger partial charge in [0, 0.05) is 5.56 Å². The van der Waals surface area contributed by atoms with Crippen LogP contribution in [0.15, 0.2) is 34.9 Å². The minimum absolute atomic E-state index is 0.141. The molecular weight excluding hydrogens is 256 g/mol. The maximum Gasteiger partial charge on any atom is 0.240 e. The number of halogens is 1. The highest BCUT2D eigenvalue weighted by atomic mass is 79.9. The van der Waals surface area contributed by atoms with Gasteiger partial charge in [0.1, 0.15) is 0 Å². The van der Waals surface area contributed by atoms with Gasteiger partial charge >= 0.3 is 0 Å². The van der Waals surface area contributed by atoms with Gasteiger partial charge in [-0.05, 0) is 6.42 Å². The third-order valence-corrected chi connectivity index (χ3v) is 3.14. The molecule has 0 amide bonds. The summed E-state index contributed by atoms with van der Waals surface area (Å²) in [6, 6.07) is 9.80. The molecule has 0 saturated carbocycles. The highest BCUT2D eigenvalue weighted by molar-refractivity contribution is 9.09. The zero-order valence-corrected chi connectivity index (χ0v) is 9.94. The van der Waals surface area contributed by atoms with Crippen LogP contribution in [-0.4, -0.2) is 10.1 Å². The van der Waals surface area contributed by atoms with Crippen LogP contribution >= 0.6 is 15.9 Å². The smallest absolute Gasteiger partial charge is 0.240 e. The van der Waals surface area contributed by atoms with E-state index in [0.717, 1.165) is 12.0 Å². The Hall–Kier alpha value is -1.16. The summed E-state index contributed by atoms with van der Waals surface area (Å²) in [5, 5.41) is 3.94. The lowest BCUT2D eigenvalue weighted by atomic mass is 10.2. The summed E-state index contributed by atoms with van der Waals surface area (Å²) in [7, 11) is 0. The lowest BCUT2D eigenvalue weighted by Gasteiger charge is -1.96. The highest BCUT2D eigenvalue weighted by Gasteiger charge is 2.14. The first-order valence-electron chi connectivity index (χ1n) is 4.84. The molecule has 1 heterocycles. The quantitative estimate of drug-likeness (QED) is 0.798. The van der Waals surface area contributed by atoms with Gasteiger partial charge in [0.15, 0.2) is 0 Å². The predicted molar refractivity (Wildman–Crippen MR) is 61.7 cm³/mol. The molecule has 0 aliphatic carbocycles. The Bertz CT molecular complexity index is 427. The standard InChI is InChI=1S/C11H11BrN2O/c1-2-9(12)11-13-10(14-15-11)8-6-4-3-5-7-8/h3-7,9H,2H2,1H3. The van der Waals surface area contributed by atoms with Crippen molar-refractivity contribution in [3.05, 3.63) is 36.2 Å². The van der Waals surface area contributed by atoms with E-state index in [1.54, 1.807) is 0 Å². The lowest BCUT2D eigenvalue weighted by Crippen LogP contribution is -1.87. The average Bonchev–Trinajstić information content (AvgIpc) is 2.78. The van der Waals surface area contributed by atoms with Crippen LogP contribution in [0.2, 0.25) is 0 Å². The van der Waals surface area contributed by atoms with Crippen molar-refractivity contribution in [2.45, 2.75) is 18.2 Å². The summed E-state index contributed by atoms with van der Waals surface area (Å²) >= 11 is 3.47. The molecule has 2 rings (SSSR count). The van der Waals surface area contributed by atoms with E-state index in [1.165, 1.54) is 0 Å². The lowest BCUT2D eigenvalue weighted by molar-refractivity contribution is 0.377. The minimum Gasteiger partial charge on any atom is -0.338 e. The highest BCUT2D eigenvalue weighted by Crippen LogP contribution is 2.26. The topological polar surface area (TPSA) is 38.9 Å². The van der Waals surface area contributed by atoms with E-state index in [9.17, 15) is 0 Å². The molecule has 0 N–H and O–H groups in total. The Labute approximate surface area is 96.6 Å². The van der Waals surface area contributed by atoms with Crippen molar-refractivity contribution >= 4 is 15.9 Å². The third-order valence-electron chi connectivity index (χ3n) is 2.10. The molecule has 1 unspecified atom stereocenters. The number of nitrogens with zero attached hydrogens (tertiary/aromatic N) is 2. The van der Waals surface area contributed by atoms with E-state index < -0.39 is 0 Å². The van der Waals surface area contributed by atoms with Gasteiger partial charge in [-0.2, -0.15) is 4.98 Å². The number of rotatable bonds is 3. The van der Waals surface area contributed by atoms with Gasteiger partial charge in [0.25, 0.3) is 0 Å². The largest absolute Gasteiger partial charge is 0.338 e. The molecule has 2 aromatic rings. The monoisotopic (exact) mass is 266 g/mol. The molecule has 4 heteroatoms. The number of hydrogen-bond acceptors (Lipinski definition) is 3. The van der Waals surface area contributed by atoms with Gasteiger partial charge in [0.2, 0.25) is 11.7 Å². The maximum absolute atomic E-state index is 5.16. The van der Waals surface area contributed by atoms with Gasteiger partial charge in [-0.1, -0.05) is 58.3 Å². The van der Waals surface area contributed by atoms with Crippen molar-refractivity contribution in [3.8, 4) is 11.4 Å². The van der Waals surface area contributed by atoms with Crippen LogP contribution < -0.4 is 0 Å². The van der Waals surface area contributed by atoms with Crippen LogP contribution in [-0.2, 0) is 0 Å². The zero-order valence-electron chi connectivity index (χ0n) is 8.35. The Kier molecular flexibility index (Phi) is 3.16. The van der Waals surface area contributed by atoms with E-state index >= 15 is 0 Å². The van der Waals surface area contributed by atoms with Gasteiger partial charge in [-0.3, -0.25) is 0 Å². The Balaban J connectivity index is 2.28. The first-order valence-corrected chi connectivity index (χ1v) is 5.76. The second-order valence-corrected chi connectivity index (χ2v) is 4.30. The van der Waals surface area contributed by atoms with Crippen molar-refractivity contribution in [2.75, 3.05) is 0 Å². The summed E-state index contributed by atoms with van der Waals surface area (Å²) < 4.78 is 5.16. The van der Waals surface area contributed by atoms with E-state index in [4.69, 9.17) is 4.52 Å². The summed E-state index contributed by atoms with van der Waals surface area (Å²) in [6.07, 6.45) is 0.927. The van der Waals surface area contributed by atoms with Crippen LogP contribution in [0.3, 0.4) is 0 Å². The number of alkyl halides is 1. The van der Waals surface area contributed by atoms with Crippen molar-refractivity contribution in [2.24, 2.45) is 0 Å². The first-order chi connectivity index (χ1) is 7.31. The molecular formula is C11H11BrN2O. The molecule has 1 atom stereocenters. The Morgan fingerprint density at radius 1 is 1.33 bits per heavy atom. The first kappa shape index (κ1) is 10.4. The van der Waals surface area contributed by atoms with Crippen LogP contribution in [0.1, 0.15) is 24.1 Å². The van der Waals surface area contributed by atoms with Crippen LogP contribution in [0.4, 0.5) is 0 Å². The molecule has 0 spiro atoms. The molecule has 15 heavy (non-hydrogen) atoms. The fourth-order valence-electron chi connectivity index (χ4n) is 1.24. The molecule has 0 saturated heterocycles. The molecule has 1 aromatic heterocycles. The van der Waals surface area contributed by atoms with Crippen LogP contribution in [0.5, 0.6) is 0 Å². The summed E-state index contributed by atoms with van der Waals surface area (Å²) in [5.41, 5.74) is 0.975. The normalized spacial score (nSPS) is 12.7. The SMILES string of the molecule is CCC(Br)c1nc(-c2ccccc2)no1. The number of hydrogen-bond donors (Lipinski definition) is 0. The van der Waals surface area contributed by atoms with Crippen molar-refractivity contribution in [1.82, 2.24) is 10.1 Å². The Morgan fingerprint density at radius 3 is 2.73 bits per heavy atom. The predicted octanol–water partition coefficient (Wildman–Crippen LogP) is 3.58. The van der Waals surface area contributed by atoms with E-state index in [0.29, 0.717) is 11.7 Å². The molecule has 0 fully saturated rings. The van der Waals surface area contributed by atoms with Crippen molar-refractivity contribution < 1.29 is 4.52 Å². The fourth-order valence-corrected chi connectivity index (χ4v) is 1.43. The van der Waals surface area contributed by atoms with Gasteiger partial charge in [-0.25, -0.2) is 0 Å². The number of aromatic nitrogens is 2. The molecule has 0 bridgehead atoms. The molecule has 3 nitrogen and oxygen atoms in total.